The monoisotopic (exact) mass is 142 g/mol. The molecule has 0 spiro atoms. The molecule has 0 aliphatic carbocycles. The minimum absolute atomic E-state index is 0.111. The summed E-state index contributed by atoms with van der Waals surface area (Å²) in [5, 5.41) is 0. The molecule has 0 radical (unpaired) electrons. The molecule has 10 heavy (non-hydrogen) atoms. The molecule has 58 valence electrons. The smallest absolute Gasteiger partial charge is 0.137 e. The van der Waals surface area contributed by atoms with Gasteiger partial charge in [-0.25, -0.2) is 0 Å². The van der Waals surface area contributed by atoms with E-state index >= 15 is 0 Å². The molecule has 1 heterocycles. The van der Waals surface area contributed by atoms with E-state index in [-0.39, 0.29) is 12.1 Å². The minimum atomic E-state index is 0.111. The van der Waals surface area contributed by atoms with Gasteiger partial charge in [0.15, 0.2) is 0 Å². The van der Waals surface area contributed by atoms with Crippen molar-refractivity contribution in [2.75, 3.05) is 13.6 Å². The highest BCUT2D eigenvalue weighted by Gasteiger charge is 2.22. The fourth-order valence-corrected chi connectivity index (χ4v) is 1.37. The third-order valence-electron chi connectivity index (χ3n) is 2.08. The van der Waals surface area contributed by atoms with Crippen LogP contribution in [0.5, 0.6) is 0 Å². The van der Waals surface area contributed by atoms with Crippen LogP contribution >= 0.6 is 0 Å². The van der Waals surface area contributed by atoms with Crippen LogP contribution in [0.15, 0.2) is 0 Å². The molecule has 0 saturated carbocycles. The summed E-state index contributed by atoms with van der Waals surface area (Å²) < 4.78 is 0. The first-order valence-corrected chi connectivity index (χ1v) is 3.65. The van der Waals surface area contributed by atoms with Crippen molar-refractivity contribution in [1.29, 1.82) is 0 Å². The van der Waals surface area contributed by atoms with Gasteiger partial charge in [0.2, 0.25) is 0 Å². The van der Waals surface area contributed by atoms with Gasteiger partial charge < -0.3 is 10.5 Å². The van der Waals surface area contributed by atoms with Crippen molar-refractivity contribution < 1.29 is 4.79 Å². The van der Waals surface area contributed by atoms with E-state index in [4.69, 9.17) is 5.73 Å². The Labute approximate surface area is 61.2 Å². The van der Waals surface area contributed by atoms with Crippen LogP contribution in [0.1, 0.15) is 12.8 Å². The highest BCUT2D eigenvalue weighted by molar-refractivity contribution is 5.57. The molecule has 1 aliphatic rings. The van der Waals surface area contributed by atoms with E-state index in [9.17, 15) is 4.79 Å². The fraction of sp³-hybridized carbons (Fsp3) is 0.857. The van der Waals surface area contributed by atoms with Crippen LogP contribution in [0.25, 0.3) is 0 Å². The lowest BCUT2D eigenvalue weighted by atomic mass is 10.0. The molecule has 0 aromatic carbocycles. The summed E-state index contributed by atoms with van der Waals surface area (Å²) in [5.41, 5.74) is 5.68. The first kappa shape index (κ1) is 7.69. The molecule has 1 rings (SSSR count). The molecule has 0 aromatic rings. The quantitative estimate of drug-likeness (QED) is 0.507. The van der Waals surface area contributed by atoms with Crippen LogP contribution < -0.4 is 5.73 Å². The van der Waals surface area contributed by atoms with Gasteiger partial charge in [-0.15, -0.1) is 0 Å². The predicted octanol–water partition coefficient (Wildman–Crippen LogP) is -0.393. The van der Waals surface area contributed by atoms with Crippen molar-refractivity contribution in [3.63, 3.8) is 0 Å². The maximum absolute atomic E-state index is 10.4. The second-order valence-electron chi connectivity index (χ2n) is 2.98. The number of hydrogen-bond acceptors (Lipinski definition) is 3. The van der Waals surface area contributed by atoms with E-state index < -0.39 is 0 Å². The Morgan fingerprint density at radius 2 is 2.30 bits per heavy atom. The second-order valence-corrected chi connectivity index (χ2v) is 2.98. The van der Waals surface area contributed by atoms with Crippen molar-refractivity contribution in [3.05, 3.63) is 0 Å². The number of rotatable bonds is 1. The van der Waals surface area contributed by atoms with Gasteiger partial charge in [-0.2, -0.15) is 0 Å². The number of hydrogen-bond donors (Lipinski definition) is 1. The largest absolute Gasteiger partial charge is 0.327 e. The molecular formula is C7H14N2O. The number of piperidine rings is 1. The Bertz CT molecular complexity index is 127. The van der Waals surface area contributed by atoms with Gasteiger partial charge in [0.25, 0.3) is 0 Å². The van der Waals surface area contributed by atoms with Crippen molar-refractivity contribution in [1.82, 2.24) is 4.90 Å². The highest BCUT2D eigenvalue weighted by Crippen LogP contribution is 2.11. The van der Waals surface area contributed by atoms with E-state index in [1.165, 1.54) is 0 Å². The van der Waals surface area contributed by atoms with Crippen molar-refractivity contribution in [3.8, 4) is 0 Å². The maximum Gasteiger partial charge on any atom is 0.137 e. The summed E-state index contributed by atoms with van der Waals surface area (Å²) >= 11 is 0. The Kier molecular flexibility index (Phi) is 2.40. The van der Waals surface area contributed by atoms with Gasteiger partial charge in [0.1, 0.15) is 6.29 Å². The maximum atomic E-state index is 10.4. The third-order valence-corrected chi connectivity index (χ3v) is 2.08. The first-order valence-electron chi connectivity index (χ1n) is 3.65. The number of carbonyl (C=O) groups excluding carboxylic acids is 1. The highest BCUT2D eigenvalue weighted by atomic mass is 16.1. The zero-order chi connectivity index (χ0) is 7.56. The normalized spacial score (nSPS) is 35.8. The lowest BCUT2D eigenvalue weighted by Crippen LogP contribution is -2.47. The van der Waals surface area contributed by atoms with Crippen molar-refractivity contribution >= 4 is 6.29 Å². The summed E-state index contributed by atoms with van der Waals surface area (Å²) in [4.78, 5) is 12.4. The number of nitrogens with zero attached hydrogens (tertiary/aromatic N) is 1. The third kappa shape index (κ3) is 1.55. The van der Waals surface area contributed by atoms with Crippen molar-refractivity contribution in [2.24, 2.45) is 5.73 Å². The van der Waals surface area contributed by atoms with Gasteiger partial charge in [-0.1, -0.05) is 0 Å². The van der Waals surface area contributed by atoms with E-state index in [0.717, 1.165) is 25.7 Å². The molecular weight excluding hydrogens is 128 g/mol. The number of aldehydes is 1. The average molecular weight is 142 g/mol. The Morgan fingerprint density at radius 1 is 1.60 bits per heavy atom. The molecule has 1 aliphatic heterocycles. The fourth-order valence-electron chi connectivity index (χ4n) is 1.37. The molecule has 2 N–H and O–H groups in total. The van der Waals surface area contributed by atoms with Crippen LogP contribution in [0, 0.1) is 0 Å². The molecule has 2 atom stereocenters. The molecule has 1 fully saturated rings. The molecule has 0 amide bonds. The van der Waals surface area contributed by atoms with E-state index in [2.05, 4.69) is 0 Å². The van der Waals surface area contributed by atoms with Crippen LogP contribution in [0.2, 0.25) is 0 Å². The van der Waals surface area contributed by atoms with Gasteiger partial charge in [0, 0.05) is 12.6 Å². The van der Waals surface area contributed by atoms with E-state index in [0.29, 0.717) is 0 Å². The van der Waals surface area contributed by atoms with Crippen LogP contribution in [0.3, 0.4) is 0 Å². The Balaban J connectivity index is 2.43. The summed E-state index contributed by atoms with van der Waals surface area (Å²) in [6.07, 6.45) is 2.90. The van der Waals surface area contributed by atoms with Gasteiger partial charge >= 0.3 is 0 Å². The number of likely N-dealkylation sites (N-methyl/N-ethyl adjacent to an activating group) is 1. The standard InChI is InChI=1S/C7H14N2O/c1-9-4-6(8)2-3-7(9)5-10/h5-7H,2-4,8H2,1H3/t6-,7?/m1/s1. The molecule has 3 nitrogen and oxygen atoms in total. The Hall–Kier alpha value is -0.410. The zero-order valence-electron chi connectivity index (χ0n) is 6.29. The van der Waals surface area contributed by atoms with Gasteiger partial charge in [0.05, 0.1) is 6.04 Å². The Morgan fingerprint density at radius 3 is 2.80 bits per heavy atom. The molecule has 0 aromatic heterocycles. The lowest BCUT2D eigenvalue weighted by molar-refractivity contribution is -0.113. The topological polar surface area (TPSA) is 46.3 Å². The SMILES string of the molecule is CN1C[C@H](N)CCC1C=O. The van der Waals surface area contributed by atoms with E-state index in [1.807, 2.05) is 11.9 Å². The summed E-state index contributed by atoms with van der Waals surface area (Å²) in [6.45, 7) is 0.851. The van der Waals surface area contributed by atoms with Crippen LogP contribution in [-0.2, 0) is 4.79 Å². The number of carbonyl (C=O) groups is 1. The van der Waals surface area contributed by atoms with Gasteiger partial charge in [-0.05, 0) is 19.9 Å². The zero-order valence-corrected chi connectivity index (χ0v) is 6.29. The van der Waals surface area contributed by atoms with Crippen molar-refractivity contribution in [2.45, 2.75) is 24.9 Å². The number of likely N-dealkylation sites (tertiary alicyclic amines) is 1. The molecule has 1 unspecified atom stereocenters. The van der Waals surface area contributed by atoms with Crippen LogP contribution in [-0.4, -0.2) is 36.9 Å². The molecule has 0 bridgehead atoms. The molecule has 3 heteroatoms. The van der Waals surface area contributed by atoms with Gasteiger partial charge in [-0.3, -0.25) is 4.90 Å². The second kappa shape index (κ2) is 3.12. The lowest BCUT2D eigenvalue weighted by Gasteiger charge is -2.32. The minimum Gasteiger partial charge on any atom is -0.327 e. The predicted molar refractivity (Wildman–Crippen MR) is 39.7 cm³/mol. The number of nitrogens with two attached hydrogens (primary N) is 1. The van der Waals surface area contributed by atoms with E-state index in [1.54, 1.807) is 0 Å². The summed E-state index contributed by atoms with van der Waals surface area (Å²) in [5.74, 6) is 0. The summed E-state index contributed by atoms with van der Waals surface area (Å²) in [7, 11) is 1.94. The average Bonchev–Trinajstić information content (AvgIpc) is 1.88. The summed E-state index contributed by atoms with van der Waals surface area (Å²) in [6, 6.07) is 0.376. The van der Waals surface area contributed by atoms with Crippen LogP contribution in [0.4, 0.5) is 0 Å². The first-order chi connectivity index (χ1) is 4.74. The molecule has 1 saturated heterocycles.